The number of Topliss-reactive ketones (excluding diaryl/α,β-unsaturated/α-hetero) is 1. The van der Waals surface area contributed by atoms with Gasteiger partial charge < -0.3 is 67.2 Å². The molecule has 2 bridgehead atoms. The standard InChI is InChI=1S/C17H23NO3.C13H16ClNO.C9H13N5O4.C9H17NO2.C8H11N3O3S/c1-18-13-7-8-14(18)10-15(9-13)21-17(20)16(11-19)12-5-3-2-4-6-12;1-15-13(9-5-4-8-12(13)16)10-6-2-3-7-11(10)14;10-9-12-7-6(8(17)13-9)11-3-14(7)4-18-5(1-15)2-16;10-7-9(6-8(11)12)4-2-1-3-5-9;9-5-1-2-11(8(13)10-5)6-4-15-7(3-12)14-6/h2-6,13-16,19H,7-11H2,1H3;2-3,6-7,15H,4-5,8-9H2,1H3;3,5,15-16H,1-2,4H2,(H3,10,12,13,17);1-7,10H2,(H,11,12);1-2,6-7,12H,3-4H2,(H2,9,10,13). The molecule has 3 aromatic heterocycles. The zero-order chi connectivity index (χ0) is 59.4. The van der Waals surface area contributed by atoms with Crippen molar-refractivity contribution >= 4 is 64.0 Å². The summed E-state index contributed by atoms with van der Waals surface area (Å²) in [6, 6.07) is 19.6. The van der Waals surface area contributed by atoms with Crippen molar-refractivity contribution in [3.63, 3.8) is 0 Å². The minimum absolute atomic E-state index is 0.00181. The van der Waals surface area contributed by atoms with Crippen LogP contribution in [0.25, 0.3) is 11.2 Å². The Morgan fingerprint density at radius 1 is 0.915 bits per heavy atom. The van der Waals surface area contributed by atoms with Crippen molar-refractivity contribution in [3.05, 3.63) is 110 Å². The van der Waals surface area contributed by atoms with Crippen LogP contribution in [0.2, 0.25) is 5.02 Å². The van der Waals surface area contributed by atoms with E-state index in [4.69, 9.17) is 63.4 Å². The predicted octanol–water partition coefficient (Wildman–Crippen LogP) is 3.63. The molecule has 0 radical (unpaired) electrons. The number of nitrogen functional groups attached to an aromatic ring is 2. The number of aliphatic hydroxyl groups excluding tert-OH is 4. The number of aromatic amines is 1. The monoisotopic (exact) mass is 1180 g/mol. The lowest BCUT2D eigenvalue weighted by molar-refractivity contribution is -0.155. The molecule has 2 aliphatic carbocycles. The Balaban J connectivity index is 0.000000167. The number of aromatic nitrogens is 6. The molecule has 0 spiro atoms. The Hall–Kier alpha value is -5.84. The first-order valence-electron chi connectivity index (χ1n) is 27.7. The topological polar surface area (TPSA) is 372 Å². The maximum Gasteiger partial charge on any atom is 0.351 e. The highest BCUT2D eigenvalue weighted by Gasteiger charge is 2.42. The van der Waals surface area contributed by atoms with Crippen LogP contribution in [0.3, 0.4) is 0 Å². The number of aliphatic hydroxyl groups is 4. The van der Waals surface area contributed by atoms with Gasteiger partial charge >= 0.3 is 17.6 Å². The average molecular weight is 1180 g/mol. The first-order valence-corrected chi connectivity index (χ1v) is 29.1. The van der Waals surface area contributed by atoms with E-state index in [2.05, 4.69) is 37.2 Å². The number of anilines is 2. The van der Waals surface area contributed by atoms with Gasteiger partial charge in [-0.15, -0.1) is 11.8 Å². The van der Waals surface area contributed by atoms with Crippen molar-refractivity contribution in [2.45, 2.75) is 144 Å². The molecular formula is C56H80ClN11O13S. The molecule has 3 saturated heterocycles. The number of imidazole rings is 1. The minimum Gasteiger partial charge on any atom is -0.481 e. The van der Waals surface area contributed by atoms with Crippen molar-refractivity contribution in [1.29, 1.82) is 0 Å². The molecule has 6 heterocycles. The predicted molar refractivity (Wildman–Crippen MR) is 310 cm³/mol. The summed E-state index contributed by atoms with van der Waals surface area (Å²) in [4.78, 5) is 74.2. The van der Waals surface area contributed by atoms with Crippen LogP contribution >= 0.6 is 23.4 Å². The number of carbonyl (C=O) groups is 3. The van der Waals surface area contributed by atoms with Crippen molar-refractivity contribution in [2.75, 3.05) is 64.3 Å². The van der Waals surface area contributed by atoms with Gasteiger partial charge in [0, 0.05) is 35.5 Å². The van der Waals surface area contributed by atoms with Gasteiger partial charge in [0.25, 0.3) is 5.56 Å². The molecule has 5 fully saturated rings. The molecule has 13 N–H and O–H groups in total. The summed E-state index contributed by atoms with van der Waals surface area (Å²) in [6.07, 6.45) is 15.4. The fourth-order valence-electron chi connectivity index (χ4n) is 11.0. The van der Waals surface area contributed by atoms with Gasteiger partial charge in [0.15, 0.2) is 16.9 Å². The first-order chi connectivity index (χ1) is 39.4. The van der Waals surface area contributed by atoms with E-state index in [9.17, 15) is 29.1 Å². The number of halogens is 1. The van der Waals surface area contributed by atoms with Crippen LogP contribution < -0.4 is 33.8 Å². The number of hydrogen-bond donors (Lipinski definition) is 10. The third-order valence-corrected chi connectivity index (χ3v) is 17.2. The van der Waals surface area contributed by atoms with Crippen LogP contribution in [-0.4, -0.2) is 160 Å². The minimum atomic E-state index is -0.706. The fourth-order valence-corrected chi connectivity index (χ4v) is 12.3. The number of carboxylic acid groups (broad SMARTS) is 1. The van der Waals surface area contributed by atoms with Crippen LogP contribution in [0.4, 0.5) is 11.8 Å². The Kier molecular flexibility index (Phi) is 25.3. The number of ketones is 1. The van der Waals surface area contributed by atoms with Gasteiger partial charge in [-0.25, -0.2) is 9.78 Å². The number of esters is 1. The Labute approximate surface area is 485 Å². The zero-order valence-corrected chi connectivity index (χ0v) is 48.1. The largest absolute Gasteiger partial charge is 0.481 e. The Morgan fingerprint density at radius 2 is 1.59 bits per heavy atom. The van der Waals surface area contributed by atoms with Gasteiger partial charge in [0.05, 0.1) is 39.2 Å². The maximum absolute atomic E-state index is 12.4. The van der Waals surface area contributed by atoms with Crippen molar-refractivity contribution in [3.8, 4) is 0 Å². The van der Waals surface area contributed by atoms with E-state index in [0.29, 0.717) is 35.8 Å². The van der Waals surface area contributed by atoms with Gasteiger partial charge in [0.2, 0.25) is 5.95 Å². The van der Waals surface area contributed by atoms with E-state index < -0.39 is 34.8 Å². The van der Waals surface area contributed by atoms with Crippen LogP contribution in [0.1, 0.15) is 113 Å². The summed E-state index contributed by atoms with van der Waals surface area (Å²) >= 11 is 7.67. The Morgan fingerprint density at radius 3 is 2.17 bits per heavy atom. The molecule has 6 unspecified atom stereocenters. The smallest absolute Gasteiger partial charge is 0.351 e. The Bertz CT molecular complexity index is 2930. The molecule has 6 atom stereocenters. The van der Waals surface area contributed by atoms with Gasteiger partial charge in [-0.2, -0.15) is 9.97 Å². The van der Waals surface area contributed by atoms with Gasteiger partial charge in [0.1, 0.15) is 47.9 Å². The number of thioether (sulfide) groups is 1. The van der Waals surface area contributed by atoms with Crippen LogP contribution in [0.5, 0.6) is 0 Å². The van der Waals surface area contributed by atoms with Gasteiger partial charge in [-0.3, -0.25) is 33.3 Å². The second kappa shape index (κ2) is 31.7. The molecule has 5 aliphatic rings. The van der Waals surface area contributed by atoms with E-state index in [0.717, 1.165) is 68.9 Å². The van der Waals surface area contributed by atoms with Crippen molar-refractivity contribution in [1.82, 2.24) is 39.3 Å². The van der Waals surface area contributed by atoms with E-state index in [-0.39, 0.29) is 97.4 Å². The molecule has 82 heavy (non-hydrogen) atoms. The number of nitrogens with two attached hydrogens (primary N) is 3. The number of hydrogen-bond acceptors (Lipinski definition) is 21. The molecule has 26 heteroatoms. The molecule has 3 aliphatic heterocycles. The highest BCUT2D eigenvalue weighted by atomic mass is 35.5. The second-order valence-corrected chi connectivity index (χ2v) is 22.6. The lowest BCUT2D eigenvalue weighted by Gasteiger charge is -2.36. The number of carbonyl (C=O) groups excluding carboxylic acids is 2. The van der Waals surface area contributed by atoms with E-state index >= 15 is 0 Å². The van der Waals surface area contributed by atoms with Crippen LogP contribution in [-0.2, 0) is 40.9 Å². The van der Waals surface area contributed by atoms with E-state index in [1.807, 2.05) is 61.6 Å². The first kappa shape index (κ1) is 65.3. The number of aliphatic carboxylic acids is 1. The lowest BCUT2D eigenvalue weighted by atomic mass is 9.72. The third kappa shape index (κ3) is 17.4. The molecule has 5 aromatic rings. The van der Waals surface area contributed by atoms with Gasteiger partial charge in [-0.05, 0) is 101 Å². The number of rotatable bonds is 16. The quantitative estimate of drug-likeness (QED) is 0.0630. The summed E-state index contributed by atoms with van der Waals surface area (Å²) in [5, 5.41) is 48.7. The van der Waals surface area contributed by atoms with Gasteiger partial charge in [-0.1, -0.05) is 85.8 Å². The van der Waals surface area contributed by atoms with Crippen LogP contribution in [0, 0.1) is 5.41 Å². The number of carboxylic acids is 1. The third-order valence-electron chi connectivity index (χ3n) is 15.7. The molecule has 24 nitrogen and oxygen atoms in total. The average Bonchev–Trinajstić information content (AvgIpc) is 4.20. The van der Waals surface area contributed by atoms with Crippen LogP contribution in [0.15, 0.2) is 82.8 Å². The number of nitrogens with zero attached hydrogens (tertiary/aromatic N) is 6. The maximum atomic E-state index is 12.4. The molecular weight excluding hydrogens is 1100 g/mol. The summed E-state index contributed by atoms with van der Waals surface area (Å²) in [5.74, 6) is -0.509. The van der Waals surface area contributed by atoms with E-state index in [1.54, 1.807) is 12.3 Å². The zero-order valence-electron chi connectivity index (χ0n) is 46.5. The highest BCUT2D eigenvalue weighted by molar-refractivity contribution is 8.00. The van der Waals surface area contributed by atoms with Crippen molar-refractivity contribution in [2.24, 2.45) is 11.1 Å². The number of likely N-dealkylation sites (N-methyl/N-ethyl adjacent to an activating group) is 1. The molecule has 2 saturated carbocycles. The number of fused-ring (bicyclic) bond motifs is 3. The number of nitrogens with one attached hydrogen (secondary N) is 2. The molecule has 450 valence electrons. The SMILES string of the molecule is CN1C2CCC1CC(OC(=O)C(CO)c1ccccc1)C2.CNC1(c2ccccc2Cl)CCCCC1=O.NCC1(CC(=O)O)CCCCC1.Nc1ccn(C2CSC(CO)O2)c(=O)n1.Nc1nc2c(ncn2COC(CO)CO)c(=O)[nH]1. The summed E-state index contributed by atoms with van der Waals surface area (Å²) in [7, 11) is 4.01. The molecule has 0 amide bonds. The summed E-state index contributed by atoms with van der Waals surface area (Å²) in [5.41, 5.74) is 16.8. The van der Waals surface area contributed by atoms with E-state index in [1.165, 1.54) is 46.5 Å². The fraction of sp³-hybridized carbons (Fsp3) is 0.571. The number of ether oxygens (including phenoxy) is 3. The summed E-state index contributed by atoms with van der Waals surface area (Å²) < 4.78 is 19.1. The number of piperidine rings is 1. The highest BCUT2D eigenvalue weighted by Crippen LogP contribution is 2.40. The molecule has 2 aromatic carbocycles. The molecule has 10 rings (SSSR count). The summed E-state index contributed by atoms with van der Waals surface area (Å²) in [6.45, 7) is -0.351. The number of H-pyrrole nitrogens is 1. The lowest BCUT2D eigenvalue weighted by Crippen LogP contribution is -2.49. The normalized spacial score (nSPS) is 23.2. The number of benzene rings is 2. The van der Waals surface area contributed by atoms with Crippen molar-refractivity contribution < 1.29 is 54.1 Å². The second-order valence-electron chi connectivity index (χ2n) is 21.0.